The summed E-state index contributed by atoms with van der Waals surface area (Å²) in [5, 5.41) is 6.38. The summed E-state index contributed by atoms with van der Waals surface area (Å²) in [6.45, 7) is 1.39. The Morgan fingerprint density at radius 2 is 1.78 bits per heavy atom. The van der Waals surface area contributed by atoms with Crippen LogP contribution in [0.2, 0.25) is 0 Å². The lowest BCUT2D eigenvalue weighted by atomic mass is 10.1. The molecule has 1 unspecified atom stereocenters. The number of amides is 3. The van der Waals surface area contributed by atoms with Gasteiger partial charge in [0.15, 0.2) is 15.7 Å². The van der Waals surface area contributed by atoms with Crippen LogP contribution in [0.15, 0.2) is 72.0 Å². The van der Waals surface area contributed by atoms with Gasteiger partial charge in [0.2, 0.25) is 0 Å². The third-order valence-electron chi connectivity index (χ3n) is 4.39. The zero-order chi connectivity index (χ0) is 23.1. The lowest BCUT2D eigenvalue weighted by molar-refractivity contribution is 0.0950. The number of carbonyl (C=O) groups is 2. The van der Waals surface area contributed by atoms with Crippen molar-refractivity contribution < 1.29 is 22.7 Å². The molecule has 0 aliphatic heterocycles. The number of aromatic nitrogens is 2. The first-order valence-corrected chi connectivity index (χ1v) is 11.0. The normalized spacial score (nSPS) is 11.8. The number of methoxy groups -OCH3 is 1. The third-order valence-corrected chi connectivity index (χ3v) is 6.36. The summed E-state index contributed by atoms with van der Waals surface area (Å²) in [4.78, 5) is 32.9. The SMILES string of the molecule is COc1ccc(C(=O)NC(C)S(=O)(=O)c2ccccc2)cc1NC(=O)Nc1cnccn1. The van der Waals surface area contributed by atoms with Crippen molar-refractivity contribution in [2.24, 2.45) is 0 Å². The molecule has 0 bridgehead atoms. The number of nitrogens with zero attached hydrogens (tertiary/aromatic N) is 2. The molecule has 1 atom stereocenters. The van der Waals surface area contributed by atoms with Gasteiger partial charge < -0.3 is 15.4 Å². The Hall–Kier alpha value is -3.99. The standard InChI is InChI=1S/C21H21N5O5S/c1-14(32(29,30)16-6-4-3-5-7-16)24-20(27)15-8-9-18(31-2)17(12-15)25-21(28)26-19-13-22-10-11-23-19/h3-14H,1-2H3,(H,24,27)(H2,23,25,26,28). The summed E-state index contributed by atoms with van der Waals surface area (Å²) >= 11 is 0. The number of nitrogens with one attached hydrogen (secondary N) is 3. The molecule has 10 nitrogen and oxygen atoms in total. The predicted octanol–water partition coefficient (Wildman–Crippen LogP) is 2.68. The minimum absolute atomic E-state index is 0.102. The highest BCUT2D eigenvalue weighted by molar-refractivity contribution is 7.92. The second-order valence-electron chi connectivity index (χ2n) is 6.56. The van der Waals surface area contributed by atoms with Crippen LogP contribution in [0.5, 0.6) is 5.75 Å². The van der Waals surface area contributed by atoms with E-state index in [2.05, 4.69) is 25.9 Å². The highest BCUT2D eigenvalue weighted by Crippen LogP contribution is 2.26. The number of ether oxygens (including phenoxy) is 1. The molecule has 0 radical (unpaired) electrons. The number of sulfone groups is 1. The summed E-state index contributed by atoms with van der Waals surface area (Å²) in [5.74, 6) is -0.0874. The van der Waals surface area contributed by atoms with E-state index in [-0.39, 0.29) is 22.0 Å². The maximum Gasteiger partial charge on any atom is 0.324 e. The summed E-state index contributed by atoms with van der Waals surface area (Å²) in [7, 11) is -2.36. The predicted molar refractivity (Wildman–Crippen MR) is 118 cm³/mol. The van der Waals surface area contributed by atoms with Crippen LogP contribution in [0.4, 0.5) is 16.3 Å². The van der Waals surface area contributed by atoms with Crippen LogP contribution < -0.4 is 20.7 Å². The van der Waals surface area contributed by atoms with Gasteiger partial charge in [-0.1, -0.05) is 18.2 Å². The van der Waals surface area contributed by atoms with Crippen molar-refractivity contribution in [3.05, 3.63) is 72.7 Å². The fourth-order valence-corrected chi connectivity index (χ4v) is 3.95. The molecule has 0 spiro atoms. The van der Waals surface area contributed by atoms with Gasteiger partial charge in [0.25, 0.3) is 5.91 Å². The topological polar surface area (TPSA) is 139 Å². The van der Waals surface area contributed by atoms with Crippen molar-refractivity contribution >= 4 is 33.3 Å². The van der Waals surface area contributed by atoms with E-state index in [0.29, 0.717) is 5.75 Å². The molecular formula is C21H21N5O5S. The van der Waals surface area contributed by atoms with E-state index in [9.17, 15) is 18.0 Å². The van der Waals surface area contributed by atoms with Crippen molar-refractivity contribution in [1.82, 2.24) is 15.3 Å². The van der Waals surface area contributed by atoms with E-state index in [1.165, 1.54) is 63.0 Å². The number of rotatable bonds is 7. The molecule has 0 aliphatic carbocycles. The fraction of sp³-hybridized carbons (Fsp3) is 0.143. The highest BCUT2D eigenvalue weighted by atomic mass is 32.2. The number of anilines is 2. The zero-order valence-electron chi connectivity index (χ0n) is 17.3. The van der Waals surface area contributed by atoms with E-state index in [1.54, 1.807) is 18.2 Å². The van der Waals surface area contributed by atoms with Gasteiger partial charge in [-0.25, -0.2) is 18.2 Å². The Morgan fingerprint density at radius 3 is 2.44 bits per heavy atom. The van der Waals surface area contributed by atoms with Crippen LogP contribution in [-0.4, -0.2) is 42.8 Å². The van der Waals surface area contributed by atoms with Gasteiger partial charge in [0.05, 0.1) is 23.9 Å². The highest BCUT2D eigenvalue weighted by Gasteiger charge is 2.25. The first-order valence-electron chi connectivity index (χ1n) is 9.43. The molecule has 0 aliphatic rings. The van der Waals surface area contributed by atoms with Gasteiger partial charge in [-0.05, 0) is 37.3 Å². The molecule has 3 amide bonds. The van der Waals surface area contributed by atoms with Crippen LogP contribution in [0.1, 0.15) is 17.3 Å². The fourth-order valence-electron chi connectivity index (χ4n) is 2.74. The zero-order valence-corrected chi connectivity index (χ0v) is 18.1. The van der Waals surface area contributed by atoms with E-state index >= 15 is 0 Å². The molecule has 1 aromatic heterocycles. The quantitative estimate of drug-likeness (QED) is 0.498. The van der Waals surface area contributed by atoms with Crippen LogP contribution in [0.25, 0.3) is 0 Å². The van der Waals surface area contributed by atoms with Gasteiger partial charge in [-0.3, -0.25) is 15.1 Å². The molecule has 0 fully saturated rings. The van der Waals surface area contributed by atoms with Gasteiger partial charge in [-0.2, -0.15) is 0 Å². The molecule has 3 aromatic rings. The molecule has 1 heterocycles. The Morgan fingerprint density at radius 1 is 1.03 bits per heavy atom. The average molecular weight is 455 g/mol. The van der Waals surface area contributed by atoms with E-state index in [1.807, 2.05) is 0 Å². The molecule has 0 saturated heterocycles. The molecule has 3 N–H and O–H groups in total. The Bertz CT molecular complexity index is 1200. The largest absolute Gasteiger partial charge is 0.495 e. The average Bonchev–Trinajstić information content (AvgIpc) is 2.80. The van der Waals surface area contributed by atoms with Crippen LogP contribution >= 0.6 is 0 Å². The van der Waals surface area contributed by atoms with Crippen LogP contribution in [0, 0.1) is 0 Å². The van der Waals surface area contributed by atoms with Crippen molar-refractivity contribution in [3.8, 4) is 5.75 Å². The van der Waals surface area contributed by atoms with E-state index < -0.39 is 27.1 Å². The molecule has 3 rings (SSSR count). The number of hydrogen-bond acceptors (Lipinski definition) is 7. The van der Waals surface area contributed by atoms with Crippen molar-refractivity contribution in [1.29, 1.82) is 0 Å². The van der Waals surface area contributed by atoms with Crippen LogP contribution in [-0.2, 0) is 9.84 Å². The number of urea groups is 1. The minimum atomic E-state index is -3.77. The monoisotopic (exact) mass is 455 g/mol. The third kappa shape index (κ3) is 5.38. The Labute approximate surface area is 185 Å². The lowest BCUT2D eigenvalue weighted by Gasteiger charge is -2.16. The molecule has 0 saturated carbocycles. The second-order valence-corrected chi connectivity index (χ2v) is 8.83. The van der Waals surface area contributed by atoms with E-state index in [4.69, 9.17) is 4.74 Å². The van der Waals surface area contributed by atoms with Crippen molar-refractivity contribution in [2.75, 3.05) is 17.7 Å². The summed E-state index contributed by atoms with van der Waals surface area (Å²) in [6, 6.07) is 11.5. The summed E-state index contributed by atoms with van der Waals surface area (Å²) < 4.78 is 30.6. The Kier molecular flexibility index (Phi) is 7.00. The summed E-state index contributed by atoms with van der Waals surface area (Å²) in [5.41, 5.74) is 0.343. The lowest BCUT2D eigenvalue weighted by Crippen LogP contribution is -2.38. The first-order chi connectivity index (χ1) is 15.3. The first kappa shape index (κ1) is 22.7. The van der Waals surface area contributed by atoms with Gasteiger partial charge in [0, 0.05) is 18.0 Å². The van der Waals surface area contributed by atoms with Crippen LogP contribution in [0.3, 0.4) is 0 Å². The number of carbonyl (C=O) groups excluding carboxylic acids is 2. The summed E-state index contributed by atoms with van der Waals surface area (Å²) in [6.07, 6.45) is 4.26. The van der Waals surface area contributed by atoms with Gasteiger partial charge in [0.1, 0.15) is 11.1 Å². The molecular weight excluding hydrogens is 434 g/mol. The maximum absolute atomic E-state index is 12.7. The maximum atomic E-state index is 12.7. The molecule has 32 heavy (non-hydrogen) atoms. The smallest absolute Gasteiger partial charge is 0.324 e. The van der Waals surface area contributed by atoms with Gasteiger partial charge >= 0.3 is 6.03 Å². The van der Waals surface area contributed by atoms with Crippen molar-refractivity contribution in [2.45, 2.75) is 17.2 Å². The minimum Gasteiger partial charge on any atom is -0.495 e. The number of benzene rings is 2. The second kappa shape index (κ2) is 9.88. The van der Waals surface area contributed by atoms with E-state index in [0.717, 1.165) is 0 Å². The number of hydrogen-bond donors (Lipinski definition) is 3. The molecule has 2 aromatic carbocycles. The Balaban J connectivity index is 1.75. The molecule has 11 heteroatoms. The van der Waals surface area contributed by atoms with Crippen molar-refractivity contribution in [3.63, 3.8) is 0 Å². The molecule has 166 valence electrons. The van der Waals surface area contributed by atoms with Gasteiger partial charge in [-0.15, -0.1) is 0 Å².